The van der Waals surface area contributed by atoms with Crippen LogP contribution in [0.2, 0.25) is 10.0 Å². The highest BCUT2D eigenvalue weighted by Crippen LogP contribution is 2.29. The number of aromatic nitrogens is 2. The number of nitrogens with zero attached hydrogens (tertiary/aromatic N) is 2. The number of benzene rings is 2. The van der Waals surface area contributed by atoms with Gasteiger partial charge in [-0.25, -0.2) is 0 Å². The van der Waals surface area contributed by atoms with Crippen LogP contribution in [0, 0.1) is 0 Å². The maximum atomic E-state index is 13.1. The van der Waals surface area contributed by atoms with Crippen molar-refractivity contribution in [1.29, 1.82) is 0 Å². The summed E-state index contributed by atoms with van der Waals surface area (Å²) in [5.41, 5.74) is 1.12. The second-order valence-corrected chi connectivity index (χ2v) is 7.25. The summed E-state index contributed by atoms with van der Waals surface area (Å²) in [6.07, 6.45) is 3.06. The first-order valence-corrected chi connectivity index (χ1v) is 9.53. The van der Waals surface area contributed by atoms with Crippen molar-refractivity contribution in [2.75, 3.05) is 11.9 Å². The number of carbonyl (C=O) groups is 1. The molecule has 2 heterocycles. The van der Waals surface area contributed by atoms with Crippen molar-refractivity contribution < 1.29 is 9.90 Å². The summed E-state index contributed by atoms with van der Waals surface area (Å²) in [4.78, 5) is 30.2. The predicted octanol–water partition coefficient (Wildman–Crippen LogP) is 4.10. The maximum absolute atomic E-state index is 13.1. The zero-order valence-corrected chi connectivity index (χ0v) is 16.5. The summed E-state index contributed by atoms with van der Waals surface area (Å²) in [6, 6.07) is 11.6. The van der Waals surface area contributed by atoms with Crippen molar-refractivity contribution >= 4 is 56.6 Å². The lowest BCUT2D eigenvalue weighted by atomic mass is 10.1. The highest BCUT2D eigenvalue weighted by Gasteiger charge is 2.19. The zero-order valence-electron chi connectivity index (χ0n) is 15.0. The lowest BCUT2D eigenvalue weighted by Crippen LogP contribution is -2.24. The summed E-state index contributed by atoms with van der Waals surface area (Å²) in [5.74, 6) is -0.562. The Morgan fingerprint density at radius 3 is 2.62 bits per heavy atom. The molecule has 2 aromatic heterocycles. The molecule has 0 fully saturated rings. The minimum atomic E-state index is -0.562. The van der Waals surface area contributed by atoms with E-state index in [-0.39, 0.29) is 24.1 Å². The van der Waals surface area contributed by atoms with Crippen LogP contribution in [0.5, 0.6) is 0 Å². The largest absolute Gasteiger partial charge is 0.395 e. The summed E-state index contributed by atoms with van der Waals surface area (Å²) < 4.78 is 1.67. The van der Waals surface area contributed by atoms with E-state index in [2.05, 4.69) is 10.3 Å². The van der Waals surface area contributed by atoms with Gasteiger partial charge < -0.3 is 15.0 Å². The Labute approximate surface area is 175 Å². The number of rotatable bonds is 4. The maximum Gasteiger partial charge on any atom is 0.261 e. The molecule has 0 atom stereocenters. The number of anilines is 1. The Morgan fingerprint density at radius 2 is 1.90 bits per heavy atom. The molecular weight excluding hydrogens is 413 g/mol. The normalized spacial score (nSPS) is 11.1. The van der Waals surface area contributed by atoms with Crippen molar-refractivity contribution in [2.45, 2.75) is 6.54 Å². The molecule has 2 aromatic carbocycles. The van der Waals surface area contributed by atoms with E-state index >= 15 is 0 Å². The van der Waals surface area contributed by atoms with Crippen LogP contribution in [0.25, 0.3) is 21.8 Å². The number of halogens is 2. The lowest BCUT2D eigenvalue weighted by molar-refractivity contribution is 0.102. The summed E-state index contributed by atoms with van der Waals surface area (Å²) in [5, 5.41) is 14.0. The Bertz CT molecular complexity index is 1300. The molecule has 0 bridgehead atoms. The average molecular weight is 428 g/mol. The Hall–Kier alpha value is -2.93. The van der Waals surface area contributed by atoms with Gasteiger partial charge in [0.05, 0.1) is 22.7 Å². The fourth-order valence-electron chi connectivity index (χ4n) is 3.28. The molecule has 4 aromatic rings. The number of fused-ring (bicyclic) bond motifs is 3. The number of hydrogen-bond acceptors (Lipinski definition) is 4. The number of amides is 1. The Balaban J connectivity index is 1.92. The summed E-state index contributed by atoms with van der Waals surface area (Å²) >= 11 is 12.2. The van der Waals surface area contributed by atoms with Crippen molar-refractivity contribution in [3.8, 4) is 0 Å². The predicted molar refractivity (Wildman–Crippen MR) is 115 cm³/mol. The van der Waals surface area contributed by atoms with Crippen LogP contribution in [-0.2, 0) is 6.54 Å². The molecule has 0 saturated heterocycles. The fourth-order valence-corrected chi connectivity index (χ4v) is 3.67. The molecule has 0 unspecified atom stereocenters. The molecule has 1 amide bonds. The quantitative estimate of drug-likeness (QED) is 0.480. The fraction of sp³-hybridized carbons (Fsp3) is 0.0952. The van der Waals surface area contributed by atoms with Gasteiger partial charge in [-0.1, -0.05) is 23.2 Å². The molecule has 146 valence electrons. The van der Waals surface area contributed by atoms with Crippen molar-refractivity contribution in [3.63, 3.8) is 0 Å². The van der Waals surface area contributed by atoms with E-state index in [1.54, 1.807) is 47.2 Å². The van der Waals surface area contributed by atoms with E-state index in [0.717, 1.165) is 0 Å². The molecule has 0 aliphatic carbocycles. The molecule has 0 aliphatic rings. The summed E-state index contributed by atoms with van der Waals surface area (Å²) in [7, 11) is 0. The van der Waals surface area contributed by atoms with Crippen LogP contribution < -0.4 is 10.7 Å². The monoisotopic (exact) mass is 427 g/mol. The Kier molecular flexibility index (Phi) is 5.24. The summed E-state index contributed by atoms with van der Waals surface area (Å²) in [6.45, 7) is 0.0320. The number of hydrogen-bond donors (Lipinski definition) is 2. The molecule has 4 rings (SSSR count). The van der Waals surface area contributed by atoms with Gasteiger partial charge in [0.2, 0.25) is 5.43 Å². The van der Waals surface area contributed by atoms with Gasteiger partial charge in [-0.3, -0.25) is 14.6 Å². The van der Waals surface area contributed by atoms with E-state index in [4.69, 9.17) is 23.2 Å². The molecule has 0 saturated carbocycles. The van der Waals surface area contributed by atoms with E-state index < -0.39 is 11.3 Å². The van der Waals surface area contributed by atoms with Gasteiger partial charge in [0.1, 0.15) is 5.56 Å². The standard InChI is InChI=1S/C21H15Cl2N3O3/c22-12-3-5-13(6-4-12)25-21(29)16-11-26(8-9-27)19-14-2-1-7-24-18(14)17(23)10-15(19)20(16)28/h1-7,10-11,27H,8-9H2,(H,25,29). The lowest BCUT2D eigenvalue weighted by Gasteiger charge is -2.15. The third kappa shape index (κ3) is 3.58. The molecule has 6 nitrogen and oxygen atoms in total. The third-order valence-corrected chi connectivity index (χ3v) is 5.10. The topological polar surface area (TPSA) is 84.2 Å². The molecule has 0 radical (unpaired) electrons. The first-order valence-electron chi connectivity index (χ1n) is 8.78. The van der Waals surface area contributed by atoms with E-state index in [0.29, 0.717) is 32.2 Å². The van der Waals surface area contributed by atoms with Gasteiger partial charge in [-0.05, 0) is 42.5 Å². The van der Waals surface area contributed by atoms with E-state index in [1.165, 1.54) is 12.3 Å². The van der Waals surface area contributed by atoms with Crippen LogP contribution in [-0.4, -0.2) is 27.2 Å². The first-order chi connectivity index (χ1) is 14.0. The third-order valence-electron chi connectivity index (χ3n) is 4.56. The first kappa shape index (κ1) is 19.4. The van der Waals surface area contributed by atoms with Gasteiger partial charge in [-0.15, -0.1) is 0 Å². The number of carbonyl (C=O) groups excluding carboxylic acids is 1. The van der Waals surface area contributed by atoms with Crippen LogP contribution in [0.15, 0.2) is 59.7 Å². The minimum Gasteiger partial charge on any atom is -0.395 e. The SMILES string of the molecule is O=C(Nc1ccc(Cl)cc1)c1cn(CCO)c2c(cc(Cl)c3ncccc32)c1=O. The Morgan fingerprint density at radius 1 is 1.14 bits per heavy atom. The highest BCUT2D eigenvalue weighted by molar-refractivity contribution is 6.36. The second-order valence-electron chi connectivity index (χ2n) is 6.40. The second kappa shape index (κ2) is 7.83. The van der Waals surface area contributed by atoms with Gasteiger partial charge >= 0.3 is 0 Å². The molecule has 29 heavy (non-hydrogen) atoms. The number of aliphatic hydroxyl groups excluding tert-OH is 1. The van der Waals surface area contributed by atoms with Crippen LogP contribution >= 0.6 is 23.2 Å². The molecule has 8 heteroatoms. The average Bonchev–Trinajstić information content (AvgIpc) is 2.72. The van der Waals surface area contributed by atoms with Gasteiger partial charge in [0.25, 0.3) is 5.91 Å². The number of aliphatic hydroxyl groups is 1. The van der Waals surface area contributed by atoms with Crippen molar-refractivity contribution in [3.05, 3.63) is 80.7 Å². The molecule has 0 aliphatic heterocycles. The van der Waals surface area contributed by atoms with Crippen LogP contribution in [0.1, 0.15) is 10.4 Å². The van der Waals surface area contributed by atoms with Crippen LogP contribution in [0.3, 0.4) is 0 Å². The number of pyridine rings is 2. The number of nitrogens with one attached hydrogen (secondary N) is 1. The van der Waals surface area contributed by atoms with Crippen molar-refractivity contribution in [1.82, 2.24) is 9.55 Å². The highest BCUT2D eigenvalue weighted by atomic mass is 35.5. The smallest absolute Gasteiger partial charge is 0.261 e. The molecule has 0 spiro atoms. The van der Waals surface area contributed by atoms with Gasteiger partial charge in [0, 0.05) is 40.4 Å². The van der Waals surface area contributed by atoms with E-state index in [1.807, 2.05) is 0 Å². The van der Waals surface area contributed by atoms with Crippen LogP contribution in [0.4, 0.5) is 5.69 Å². The van der Waals surface area contributed by atoms with Crippen molar-refractivity contribution in [2.24, 2.45) is 0 Å². The molecular formula is C21H15Cl2N3O3. The molecule has 2 N–H and O–H groups in total. The van der Waals surface area contributed by atoms with Gasteiger partial charge in [0.15, 0.2) is 0 Å². The minimum absolute atomic E-state index is 0.0554. The zero-order chi connectivity index (χ0) is 20.5. The van der Waals surface area contributed by atoms with E-state index in [9.17, 15) is 14.7 Å². The van der Waals surface area contributed by atoms with Gasteiger partial charge in [-0.2, -0.15) is 0 Å².